The Morgan fingerprint density at radius 1 is 1.48 bits per heavy atom. The van der Waals surface area contributed by atoms with E-state index in [9.17, 15) is 4.79 Å². The molecule has 3 heterocycles. The molecule has 0 atom stereocenters. The van der Waals surface area contributed by atoms with Gasteiger partial charge in [0.1, 0.15) is 5.15 Å². The summed E-state index contributed by atoms with van der Waals surface area (Å²) >= 11 is 5.78. The van der Waals surface area contributed by atoms with Gasteiger partial charge in [-0.05, 0) is 18.1 Å². The van der Waals surface area contributed by atoms with E-state index >= 15 is 0 Å². The Balaban J connectivity index is 1.75. The normalized spacial score (nSPS) is 14.7. The number of nitrogens with two attached hydrogens (primary N) is 1. The largest absolute Gasteiger partial charge is 0.363 e. The van der Waals surface area contributed by atoms with Crippen LogP contribution in [0.5, 0.6) is 0 Å². The van der Waals surface area contributed by atoms with Crippen molar-refractivity contribution >= 4 is 17.5 Å². The van der Waals surface area contributed by atoms with Gasteiger partial charge in [-0.15, -0.1) is 0 Å². The summed E-state index contributed by atoms with van der Waals surface area (Å²) in [5, 5.41) is 0.483. The predicted molar refractivity (Wildman–Crippen MR) is 76.5 cm³/mol. The second kappa shape index (κ2) is 5.75. The molecule has 1 aliphatic heterocycles. The van der Waals surface area contributed by atoms with Gasteiger partial charge in [0.15, 0.2) is 0 Å². The molecule has 0 unspecified atom stereocenters. The molecule has 107 valence electrons. The van der Waals surface area contributed by atoms with Crippen LogP contribution in [-0.4, -0.2) is 32.3 Å². The van der Waals surface area contributed by atoms with Gasteiger partial charge in [-0.3, -0.25) is 9.69 Å². The van der Waals surface area contributed by atoms with Gasteiger partial charge in [0.2, 0.25) is 5.82 Å². The SMILES string of the molecule is NC(=O)c1n[c]c2c(n1)CN(Cc1ccc(Cl)nc1)CC2. The molecule has 0 saturated heterocycles. The Kier molecular flexibility index (Phi) is 3.81. The van der Waals surface area contributed by atoms with Crippen molar-refractivity contribution in [2.45, 2.75) is 19.5 Å². The molecule has 0 fully saturated rings. The average Bonchev–Trinajstić information content (AvgIpc) is 2.49. The van der Waals surface area contributed by atoms with Gasteiger partial charge in [-0.1, -0.05) is 17.7 Å². The lowest BCUT2D eigenvalue weighted by molar-refractivity contribution is 0.0989. The summed E-state index contributed by atoms with van der Waals surface area (Å²) in [6, 6.07) is 3.72. The Hall–Kier alpha value is -2.05. The smallest absolute Gasteiger partial charge is 0.286 e. The zero-order valence-electron chi connectivity index (χ0n) is 11.2. The first-order chi connectivity index (χ1) is 10.1. The third kappa shape index (κ3) is 3.17. The minimum Gasteiger partial charge on any atom is -0.363 e. The van der Waals surface area contributed by atoms with E-state index in [1.807, 2.05) is 6.07 Å². The van der Waals surface area contributed by atoms with Gasteiger partial charge in [-0.2, -0.15) is 0 Å². The quantitative estimate of drug-likeness (QED) is 0.854. The predicted octanol–water partition coefficient (Wildman–Crippen LogP) is 0.982. The monoisotopic (exact) mass is 302 g/mol. The Bertz CT molecular complexity index is 674. The number of primary amides is 1. The fourth-order valence-corrected chi connectivity index (χ4v) is 2.41. The summed E-state index contributed by atoms with van der Waals surface area (Å²) in [7, 11) is 0. The molecule has 6 nitrogen and oxygen atoms in total. The number of aromatic nitrogens is 3. The molecule has 1 amide bonds. The third-order valence-corrected chi connectivity index (χ3v) is 3.58. The molecule has 0 aliphatic carbocycles. The van der Waals surface area contributed by atoms with Gasteiger partial charge < -0.3 is 5.73 Å². The van der Waals surface area contributed by atoms with E-state index < -0.39 is 5.91 Å². The lowest BCUT2D eigenvalue weighted by Gasteiger charge is -2.27. The molecule has 3 rings (SSSR count). The first-order valence-corrected chi connectivity index (χ1v) is 6.89. The highest BCUT2D eigenvalue weighted by Crippen LogP contribution is 2.18. The maximum Gasteiger partial charge on any atom is 0.286 e. The van der Waals surface area contributed by atoms with E-state index in [4.69, 9.17) is 17.3 Å². The van der Waals surface area contributed by atoms with Gasteiger partial charge >= 0.3 is 0 Å². The fourth-order valence-electron chi connectivity index (χ4n) is 2.30. The van der Waals surface area contributed by atoms with Crippen molar-refractivity contribution in [3.8, 4) is 0 Å². The van der Waals surface area contributed by atoms with E-state index in [0.29, 0.717) is 11.7 Å². The van der Waals surface area contributed by atoms with Crippen LogP contribution in [0.4, 0.5) is 0 Å². The number of hydrogen-bond acceptors (Lipinski definition) is 5. The summed E-state index contributed by atoms with van der Waals surface area (Å²) in [6.45, 7) is 2.27. The second-order valence-electron chi connectivity index (χ2n) is 4.90. The topological polar surface area (TPSA) is 85.0 Å². The Labute approximate surface area is 127 Å². The summed E-state index contributed by atoms with van der Waals surface area (Å²) in [6.07, 6.45) is 5.42. The van der Waals surface area contributed by atoms with Crippen LogP contribution in [0.15, 0.2) is 18.3 Å². The van der Waals surface area contributed by atoms with Crippen LogP contribution in [0.25, 0.3) is 0 Å². The minimum absolute atomic E-state index is 0.0174. The molecule has 0 aromatic carbocycles. The van der Waals surface area contributed by atoms with Gasteiger partial charge in [0.05, 0.1) is 11.9 Å². The number of rotatable bonds is 3. The van der Waals surface area contributed by atoms with Crippen LogP contribution in [0, 0.1) is 6.20 Å². The minimum atomic E-state index is -0.631. The molecule has 7 heteroatoms. The van der Waals surface area contributed by atoms with E-state index in [2.05, 4.69) is 26.0 Å². The molecular weight excluding hydrogens is 290 g/mol. The number of amides is 1. The van der Waals surface area contributed by atoms with Crippen LogP contribution in [-0.2, 0) is 19.5 Å². The molecule has 2 N–H and O–H groups in total. The molecule has 1 aliphatic rings. The number of halogens is 1. The van der Waals surface area contributed by atoms with Crippen molar-refractivity contribution in [1.82, 2.24) is 19.9 Å². The van der Waals surface area contributed by atoms with E-state index in [1.54, 1.807) is 12.3 Å². The number of fused-ring (bicyclic) bond motifs is 1. The molecule has 1 radical (unpaired) electrons. The third-order valence-electron chi connectivity index (χ3n) is 3.35. The number of carbonyl (C=O) groups excluding carboxylic acids is 1. The molecular formula is C14H13ClN5O. The van der Waals surface area contributed by atoms with Crippen molar-refractivity contribution in [3.63, 3.8) is 0 Å². The van der Waals surface area contributed by atoms with Crippen LogP contribution in [0.1, 0.15) is 27.4 Å². The zero-order chi connectivity index (χ0) is 14.8. The van der Waals surface area contributed by atoms with Gasteiger partial charge in [-0.25, -0.2) is 15.0 Å². The van der Waals surface area contributed by atoms with Crippen molar-refractivity contribution in [3.05, 3.63) is 52.3 Å². The van der Waals surface area contributed by atoms with Crippen LogP contribution >= 0.6 is 11.6 Å². The summed E-state index contributed by atoms with van der Waals surface area (Å²) < 4.78 is 0. The van der Waals surface area contributed by atoms with Gasteiger partial charge in [0, 0.05) is 31.4 Å². The summed E-state index contributed by atoms with van der Waals surface area (Å²) in [5.41, 5.74) is 8.04. The number of nitrogens with zero attached hydrogens (tertiary/aromatic N) is 4. The lowest BCUT2D eigenvalue weighted by atomic mass is 10.1. The zero-order valence-corrected chi connectivity index (χ0v) is 12.0. The van der Waals surface area contributed by atoms with Crippen molar-refractivity contribution in [2.24, 2.45) is 5.73 Å². The molecule has 0 saturated carbocycles. The summed E-state index contributed by atoms with van der Waals surface area (Å²) in [4.78, 5) is 25.5. The highest BCUT2D eigenvalue weighted by molar-refractivity contribution is 6.29. The number of hydrogen-bond donors (Lipinski definition) is 1. The standard InChI is InChI=1S/C14H13ClN5O/c15-12-2-1-9(5-17-12)7-20-4-3-10-6-18-14(13(16)21)19-11(10)8-20/h1-2,5H,3-4,7-8H2,(H2,16,21). The highest BCUT2D eigenvalue weighted by atomic mass is 35.5. The highest BCUT2D eigenvalue weighted by Gasteiger charge is 2.20. The maximum absolute atomic E-state index is 11.1. The molecule has 0 spiro atoms. The first-order valence-electron chi connectivity index (χ1n) is 6.52. The van der Waals surface area contributed by atoms with Gasteiger partial charge in [0.25, 0.3) is 5.91 Å². The van der Waals surface area contributed by atoms with Crippen LogP contribution in [0.3, 0.4) is 0 Å². The molecule has 0 bridgehead atoms. The van der Waals surface area contributed by atoms with E-state index in [1.165, 1.54) is 0 Å². The fraction of sp³-hybridized carbons (Fsp3) is 0.286. The lowest BCUT2D eigenvalue weighted by Crippen LogP contribution is -2.32. The van der Waals surface area contributed by atoms with E-state index in [0.717, 1.165) is 36.3 Å². The maximum atomic E-state index is 11.1. The van der Waals surface area contributed by atoms with Crippen molar-refractivity contribution < 1.29 is 4.79 Å². The first kappa shape index (κ1) is 13.9. The average molecular weight is 303 g/mol. The van der Waals surface area contributed by atoms with Crippen molar-refractivity contribution in [1.29, 1.82) is 0 Å². The summed E-state index contributed by atoms with van der Waals surface area (Å²) in [5.74, 6) is -0.614. The number of pyridine rings is 1. The Morgan fingerprint density at radius 2 is 2.33 bits per heavy atom. The van der Waals surface area contributed by atoms with Crippen LogP contribution < -0.4 is 5.73 Å². The second-order valence-corrected chi connectivity index (χ2v) is 5.29. The Morgan fingerprint density at radius 3 is 3.05 bits per heavy atom. The number of carbonyl (C=O) groups is 1. The van der Waals surface area contributed by atoms with E-state index in [-0.39, 0.29) is 5.82 Å². The van der Waals surface area contributed by atoms with Crippen LogP contribution in [0.2, 0.25) is 5.15 Å². The molecule has 21 heavy (non-hydrogen) atoms. The molecule has 2 aromatic heterocycles. The van der Waals surface area contributed by atoms with Crippen molar-refractivity contribution in [2.75, 3.05) is 6.54 Å². The molecule has 2 aromatic rings.